The van der Waals surface area contributed by atoms with Crippen LogP contribution < -0.4 is 9.91 Å². The largest absolute Gasteiger partial charge is 0.378 e. The number of nitrogens with zero attached hydrogens (tertiary/aromatic N) is 4. The van der Waals surface area contributed by atoms with Crippen LogP contribution in [0.25, 0.3) is 11.3 Å². The first-order valence-corrected chi connectivity index (χ1v) is 13.1. The van der Waals surface area contributed by atoms with E-state index in [0.717, 1.165) is 65.4 Å². The first-order chi connectivity index (χ1) is 17.2. The number of anilines is 2. The molecule has 1 unspecified atom stereocenters. The highest BCUT2D eigenvalue weighted by molar-refractivity contribution is 7.14. The first-order valence-electron chi connectivity index (χ1n) is 11.8. The molecule has 2 aliphatic heterocycles. The summed E-state index contributed by atoms with van der Waals surface area (Å²) in [5.74, 6) is 0. The average Bonchev–Trinajstić information content (AvgIpc) is 3.58. The quantitative estimate of drug-likeness (QED) is 0.307. The lowest BCUT2D eigenvalue weighted by molar-refractivity contribution is 0.122. The van der Waals surface area contributed by atoms with E-state index in [1.165, 1.54) is 11.3 Å². The van der Waals surface area contributed by atoms with E-state index < -0.39 is 0 Å². The zero-order valence-electron chi connectivity index (χ0n) is 19.2. The van der Waals surface area contributed by atoms with Crippen molar-refractivity contribution >= 4 is 39.5 Å². The summed E-state index contributed by atoms with van der Waals surface area (Å²) < 4.78 is 5.49. The number of hydrazone groups is 1. The number of hydrogen-bond donors (Lipinski definition) is 0. The lowest BCUT2D eigenvalue weighted by Crippen LogP contribution is -2.36. The molecule has 1 atom stereocenters. The van der Waals surface area contributed by atoms with Gasteiger partial charge in [-0.1, -0.05) is 66.2 Å². The van der Waals surface area contributed by atoms with Crippen molar-refractivity contribution in [3.05, 3.63) is 100 Å². The summed E-state index contributed by atoms with van der Waals surface area (Å²) in [7, 11) is 0. The smallest absolute Gasteiger partial charge is 0.207 e. The van der Waals surface area contributed by atoms with Crippen LogP contribution in [0.15, 0.2) is 89.3 Å². The Bertz CT molecular complexity index is 1320. The van der Waals surface area contributed by atoms with E-state index in [1.807, 2.05) is 30.3 Å². The Morgan fingerprint density at radius 3 is 2.34 bits per heavy atom. The first kappa shape index (κ1) is 22.3. The zero-order valence-corrected chi connectivity index (χ0v) is 20.8. The van der Waals surface area contributed by atoms with Gasteiger partial charge in [0.15, 0.2) is 0 Å². The number of hydrogen-bond acceptors (Lipinski definition) is 6. The molecule has 0 amide bonds. The summed E-state index contributed by atoms with van der Waals surface area (Å²) in [6.45, 7) is 3.43. The van der Waals surface area contributed by atoms with Crippen LogP contribution in [0, 0.1) is 0 Å². The normalized spacial score (nSPS) is 18.1. The minimum Gasteiger partial charge on any atom is -0.378 e. The monoisotopic (exact) mass is 500 g/mol. The summed E-state index contributed by atoms with van der Waals surface area (Å²) in [6.07, 6.45) is 0.804. The van der Waals surface area contributed by atoms with Crippen LogP contribution in [-0.2, 0) is 4.74 Å². The number of ether oxygens (including phenoxy) is 1. The molecule has 2 aliphatic rings. The van der Waals surface area contributed by atoms with Crippen molar-refractivity contribution in [3.63, 3.8) is 0 Å². The molecule has 4 aromatic rings. The minimum atomic E-state index is 0.0657. The lowest BCUT2D eigenvalue weighted by atomic mass is 9.98. The van der Waals surface area contributed by atoms with Crippen LogP contribution in [0.1, 0.15) is 23.6 Å². The van der Waals surface area contributed by atoms with Crippen molar-refractivity contribution in [2.75, 3.05) is 36.2 Å². The molecule has 0 bridgehead atoms. The van der Waals surface area contributed by atoms with Crippen molar-refractivity contribution < 1.29 is 4.74 Å². The standard InChI is InChI=1S/C28H25ClN4OS/c29-23-10-6-22(7-11-23)27-18-25(21-8-12-24(13-9-21)32-14-16-34-17-15-32)31-33(27)28-30-26(19-35-28)20-4-2-1-3-5-20/h1-13,19,27H,14-18H2. The molecule has 0 spiro atoms. The minimum absolute atomic E-state index is 0.0657. The predicted molar refractivity (Wildman–Crippen MR) is 145 cm³/mol. The maximum Gasteiger partial charge on any atom is 0.207 e. The van der Waals surface area contributed by atoms with Crippen LogP contribution in [0.5, 0.6) is 0 Å². The van der Waals surface area contributed by atoms with Gasteiger partial charge >= 0.3 is 0 Å². The van der Waals surface area contributed by atoms with Gasteiger partial charge in [-0.2, -0.15) is 5.10 Å². The number of halogens is 1. The lowest BCUT2D eigenvalue weighted by Gasteiger charge is -2.28. The summed E-state index contributed by atoms with van der Waals surface area (Å²) >= 11 is 7.81. The molecule has 6 rings (SSSR count). The van der Waals surface area contributed by atoms with E-state index in [4.69, 9.17) is 26.4 Å². The van der Waals surface area contributed by atoms with E-state index in [1.54, 1.807) is 11.3 Å². The van der Waals surface area contributed by atoms with Crippen molar-refractivity contribution in [1.82, 2.24) is 4.98 Å². The molecule has 1 fully saturated rings. The Balaban J connectivity index is 1.32. The second-order valence-corrected chi connectivity index (χ2v) is 9.96. The summed E-state index contributed by atoms with van der Waals surface area (Å²) in [5, 5.41) is 10.9. The fraction of sp³-hybridized carbons (Fsp3) is 0.214. The Morgan fingerprint density at radius 1 is 0.857 bits per heavy atom. The van der Waals surface area contributed by atoms with Gasteiger partial charge in [0.1, 0.15) is 0 Å². The molecular formula is C28H25ClN4OS. The van der Waals surface area contributed by atoms with E-state index in [-0.39, 0.29) is 6.04 Å². The van der Waals surface area contributed by atoms with Crippen molar-refractivity contribution in [1.29, 1.82) is 0 Å². The molecule has 5 nitrogen and oxygen atoms in total. The molecule has 3 heterocycles. The Morgan fingerprint density at radius 2 is 1.60 bits per heavy atom. The van der Waals surface area contributed by atoms with Crippen molar-refractivity contribution in [3.8, 4) is 11.3 Å². The van der Waals surface area contributed by atoms with Gasteiger partial charge in [-0.3, -0.25) is 0 Å². The van der Waals surface area contributed by atoms with Crippen LogP contribution in [0.4, 0.5) is 10.8 Å². The topological polar surface area (TPSA) is 41.0 Å². The van der Waals surface area contributed by atoms with Gasteiger partial charge in [0.25, 0.3) is 0 Å². The Kier molecular flexibility index (Phi) is 6.25. The second-order valence-electron chi connectivity index (χ2n) is 8.69. The fourth-order valence-corrected chi connectivity index (χ4v) is 5.56. The fourth-order valence-electron chi connectivity index (χ4n) is 4.60. The maximum absolute atomic E-state index is 6.18. The third-order valence-corrected chi connectivity index (χ3v) is 7.58. The number of aromatic nitrogens is 1. The van der Waals surface area contributed by atoms with Crippen LogP contribution in [0.3, 0.4) is 0 Å². The van der Waals surface area contributed by atoms with E-state index >= 15 is 0 Å². The zero-order chi connectivity index (χ0) is 23.6. The van der Waals surface area contributed by atoms with Crippen LogP contribution in [0.2, 0.25) is 5.02 Å². The maximum atomic E-state index is 6.18. The van der Waals surface area contributed by atoms with Gasteiger partial charge in [-0.25, -0.2) is 9.99 Å². The molecule has 0 N–H and O–H groups in total. The van der Waals surface area contributed by atoms with Crippen LogP contribution in [-0.4, -0.2) is 37.0 Å². The van der Waals surface area contributed by atoms with E-state index in [0.29, 0.717) is 0 Å². The van der Waals surface area contributed by atoms with Crippen LogP contribution >= 0.6 is 22.9 Å². The molecule has 7 heteroatoms. The number of thiazole rings is 1. The molecule has 0 radical (unpaired) electrons. The summed E-state index contributed by atoms with van der Waals surface area (Å²) in [6, 6.07) is 27.2. The third kappa shape index (κ3) is 4.69. The Hall–Kier alpha value is -3.19. The third-order valence-electron chi connectivity index (χ3n) is 6.50. The number of morpholine rings is 1. The molecular weight excluding hydrogens is 476 g/mol. The summed E-state index contributed by atoms with van der Waals surface area (Å²) in [5.41, 5.74) is 6.70. The predicted octanol–water partition coefficient (Wildman–Crippen LogP) is 6.66. The molecule has 3 aromatic carbocycles. The molecule has 176 valence electrons. The van der Waals surface area contributed by atoms with Crippen molar-refractivity contribution in [2.45, 2.75) is 12.5 Å². The van der Waals surface area contributed by atoms with Gasteiger partial charge in [0.2, 0.25) is 5.13 Å². The van der Waals surface area contributed by atoms with Gasteiger partial charge < -0.3 is 9.64 Å². The molecule has 0 aliphatic carbocycles. The summed E-state index contributed by atoms with van der Waals surface area (Å²) in [4.78, 5) is 7.32. The highest BCUT2D eigenvalue weighted by atomic mass is 35.5. The van der Waals surface area contributed by atoms with Gasteiger partial charge in [0.05, 0.1) is 30.7 Å². The molecule has 1 aromatic heterocycles. The number of rotatable bonds is 5. The van der Waals surface area contributed by atoms with E-state index in [2.05, 4.69) is 63.8 Å². The van der Waals surface area contributed by atoms with Gasteiger partial charge in [-0.15, -0.1) is 11.3 Å². The molecule has 1 saturated heterocycles. The molecule has 0 saturated carbocycles. The van der Waals surface area contributed by atoms with Gasteiger partial charge in [0, 0.05) is 41.2 Å². The number of benzene rings is 3. The van der Waals surface area contributed by atoms with E-state index in [9.17, 15) is 0 Å². The van der Waals surface area contributed by atoms with Crippen molar-refractivity contribution in [2.24, 2.45) is 5.10 Å². The average molecular weight is 501 g/mol. The highest BCUT2D eigenvalue weighted by Crippen LogP contribution is 2.39. The second kappa shape index (κ2) is 9.82. The SMILES string of the molecule is Clc1ccc(C2CC(c3ccc(N4CCOCC4)cc3)=NN2c2nc(-c3ccccc3)cs2)cc1. The van der Waals surface area contributed by atoms with Gasteiger partial charge in [-0.05, 0) is 35.4 Å². The Labute approximate surface area is 214 Å². The highest BCUT2D eigenvalue weighted by Gasteiger charge is 2.32. The molecule has 35 heavy (non-hydrogen) atoms.